The number of para-hydroxylation sites is 1. The zero-order valence-corrected chi connectivity index (χ0v) is 25.1. The van der Waals surface area contributed by atoms with E-state index in [1.807, 2.05) is 19.9 Å². The summed E-state index contributed by atoms with van der Waals surface area (Å²) in [5.74, 6) is 0.0815. The van der Waals surface area contributed by atoms with Crippen molar-refractivity contribution < 1.29 is 17.9 Å². The first-order chi connectivity index (χ1) is 18.9. The van der Waals surface area contributed by atoms with Crippen LogP contribution < -0.4 is 10.3 Å². The lowest BCUT2D eigenvalue weighted by molar-refractivity contribution is 0.0321. The summed E-state index contributed by atoms with van der Waals surface area (Å²) in [5, 5.41) is 0.630. The molecule has 40 heavy (non-hydrogen) atoms. The predicted molar refractivity (Wildman–Crippen MR) is 158 cm³/mol. The maximum atomic E-state index is 13.5. The Kier molecular flexibility index (Phi) is 7.35. The van der Waals surface area contributed by atoms with Crippen LogP contribution in [0.25, 0.3) is 10.2 Å². The van der Waals surface area contributed by atoms with Crippen LogP contribution in [0.4, 0.5) is 5.69 Å². The van der Waals surface area contributed by atoms with Gasteiger partial charge in [-0.2, -0.15) is 0 Å². The molecule has 0 saturated carbocycles. The van der Waals surface area contributed by atoms with Gasteiger partial charge in [0.15, 0.2) is 11.9 Å². The van der Waals surface area contributed by atoms with Crippen LogP contribution in [0.3, 0.4) is 0 Å². The van der Waals surface area contributed by atoms with Gasteiger partial charge in [-0.15, -0.1) is 11.3 Å². The number of nitrogens with one attached hydrogen (secondary N) is 2. The van der Waals surface area contributed by atoms with Crippen LogP contribution in [0, 0.1) is 33.6 Å². The minimum Gasteiger partial charge on any atom is -0.451 e. The standard InChI is InChI=1S/C30H33N3O5S2/c1-15-11-12-22-24(13-15)39-29-25(22)28(34)31-27(32-29)20(6)38-30(35)21-9-7-8-10-23(21)33-40(36,37)26-18(4)16(2)14-17(3)19(26)5/h7-10,14-15,20,33H,11-13H2,1-6H3,(H,31,32,34)/t15-,20+/m1/s1. The van der Waals surface area contributed by atoms with Crippen LogP contribution in [0.1, 0.15) is 75.2 Å². The lowest BCUT2D eigenvalue weighted by Gasteiger charge is -2.18. The molecule has 2 aromatic carbocycles. The number of rotatable bonds is 6. The van der Waals surface area contributed by atoms with Crippen molar-refractivity contribution in [3.63, 3.8) is 0 Å². The second kappa shape index (κ2) is 10.5. The fourth-order valence-corrected chi connectivity index (χ4v) is 8.46. The molecule has 2 aromatic heterocycles. The number of sulfonamides is 1. The van der Waals surface area contributed by atoms with Gasteiger partial charge in [-0.3, -0.25) is 9.52 Å². The Labute approximate surface area is 237 Å². The highest BCUT2D eigenvalue weighted by Crippen LogP contribution is 2.36. The number of esters is 1. The van der Waals surface area contributed by atoms with Gasteiger partial charge >= 0.3 is 5.97 Å². The molecule has 2 N–H and O–H groups in total. The molecule has 5 rings (SSSR count). The summed E-state index contributed by atoms with van der Waals surface area (Å²) < 4.78 is 35.3. The SMILES string of the molecule is Cc1cc(C)c(C)c(S(=O)(=O)Nc2ccccc2C(=O)O[C@@H](C)c2nc3sc4c(c3c(=O)[nH]2)CC[C@@H](C)C4)c1C. The fraction of sp³-hybridized carbons (Fsp3) is 0.367. The number of anilines is 1. The molecule has 0 radical (unpaired) electrons. The number of fused-ring (bicyclic) bond motifs is 3. The number of hydrogen-bond acceptors (Lipinski definition) is 7. The smallest absolute Gasteiger partial charge is 0.340 e. The number of nitrogens with zero attached hydrogens (tertiary/aromatic N) is 1. The lowest BCUT2D eigenvalue weighted by Crippen LogP contribution is -2.21. The molecule has 0 saturated heterocycles. The van der Waals surface area contributed by atoms with E-state index >= 15 is 0 Å². The number of aryl methyl sites for hydroxylation is 3. The summed E-state index contributed by atoms with van der Waals surface area (Å²) in [6.45, 7) is 11.1. The first-order valence-corrected chi connectivity index (χ1v) is 15.6. The quantitative estimate of drug-likeness (QED) is 0.268. The predicted octanol–water partition coefficient (Wildman–Crippen LogP) is 6.06. The number of aromatic amines is 1. The maximum Gasteiger partial charge on any atom is 0.340 e. The van der Waals surface area contributed by atoms with E-state index in [0.29, 0.717) is 27.3 Å². The van der Waals surface area contributed by atoms with Crippen LogP contribution in [-0.4, -0.2) is 24.4 Å². The fourth-order valence-electron chi connectivity index (χ4n) is 5.37. The second-order valence-corrected chi connectivity index (χ2v) is 13.5. The van der Waals surface area contributed by atoms with Crippen molar-refractivity contribution in [2.75, 3.05) is 4.72 Å². The molecule has 10 heteroatoms. The van der Waals surface area contributed by atoms with Crippen LogP contribution in [0.15, 0.2) is 40.0 Å². The molecule has 1 aliphatic rings. The van der Waals surface area contributed by atoms with Crippen LogP contribution in [-0.2, 0) is 27.6 Å². The maximum absolute atomic E-state index is 13.5. The van der Waals surface area contributed by atoms with Crippen molar-refractivity contribution in [2.24, 2.45) is 5.92 Å². The number of aromatic nitrogens is 2. The van der Waals surface area contributed by atoms with Gasteiger partial charge in [-0.05, 0) is 99.7 Å². The van der Waals surface area contributed by atoms with E-state index in [-0.39, 0.29) is 27.5 Å². The van der Waals surface area contributed by atoms with Gasteiger partial charge in [0.25, 0.3) is 15.6 Å². The molecule has 0 amide bonds. The highest BCUT2D eigenvalue weighted by Gasteiger charge is 2.27. The van der Waals surface area contributed by atoms with E-state index in [1.165, 1.54) is 28.3 Å². The highest BCUT2D eigenvalue weighted by molar-refractivity contribution is 7.92. The van der Waals surface area contributed by atoms with E-state index in [1.54, 1.807) is 32.9 Å². The third kappa shape index (κ3) is 5.06. The first kappa shape index (κ1) is 28.0. The average molecular weight is 580 g/mol. The minimum absolute atomic E-state index is 0.0570. The molecule has 4 aromatic rings. The Morgan fingerprint density at radius 2 is 1.82 bits per heavy atom. The molecule has 0 unspecified atom stereocenters. The third-order valence-corrected chi connectivity index (χ3v) is 10.6. The number of hydrogen-bond donors (Lipinski definition) is 2. The molecule has 0 bridgehead atoms. The van der Waals surface area contributed by atoms with Crippen LogP contribution in [0.2, 0.25) is 0 Å². The highest BCUT2D eigenvalue weighted by atomic mass is 32.2. The van der Waals surface area contributed by atoms with E-state index < -0.39 is 22.1 Å². The molecule has 1 aliphatic carbocycles. The van der Waals surface area contributed by atoms with Crippen molar-refractivity contribution in [3.8, 4) is 0 Å². The lowest BCUT2D eigenvalue weighted by atomic mass is 9.89. The van der Waals surface area contributed by atoms with Crippen molar-refractivity contribution in [1.29, 1.82) is 0 Å². The van der Waals surface area contributed by atoms with Gasteiger partial charge in [0.1, 0.15) is 4.83 Å². The molecular weight excluding hydrogens is 546 g/mol. The van der Waals surface area contributed by atoms with Crippen molar-refractivity contribution in [3.05, 3.63) is 84.8 Å². The van der Waals surface area contributed by atoms with Gasteiger partial charge in [-0.1, -0.05) is 25.1 Å². The van der Waals surface area contributed by atoms with Crippen LogP contribution in [0.5, 0.6) is 0 Å². The van der Waals surface area contributed by atoms with Gasteiger partial charge in [0.05, 0.1) is 21.5 Å². The zero-order valence-electron chi connectivity index (χ0n) is 23.5. The summed E-state index contributed by atoms with van der Waals surface area (Å²) in [6.07, 6.45) is 1.97. The second-order valence-electron chi connectivity index (χ2n) is 10.8. The largest absolute Gasteiger partial charge is 0.451 e. The first-order valence-electron chi connectivity index (χ1n) is 13.3. The van der Waals surface area contributed by atoms with Crippen molar-refractivity contribution in [1.82, 2.24) is 9.97 Å². The Morgan fingerprint density at radius 3 is 2.52 bits per heavy atom. The summed E-state index contributed by atoms with van der Waals surface area (Å²) >= 11 is 1.53. The Morgan fingerprint density at radius 1 is 1.15 bits per heavy atom. The van der Waals surface area contributed by atoms with E-state index in [0.717, 1.165) is 36.0 Å². The summed E-state index contributed by atoms with van der Waals surface area (Å²) in [5.41, 5.74) is 4.05. The molecule has 2 atom stereocenters. The number of ether oxygens (including phenoxy) is 1. The monoisotopic (exact) mass is 579 g/mol. The average Bonchev–Trinajstić information content (AvgIpc) is 3.25. The molecule has 8 nitrogen and oxygen atoms in total. The minimum atomic E-state index is -4.01. The molecular formula is C30H33N3O5S2. The number of thiophene rings is 1. The van der Waals surface area contributed by atoms with Gasteiger partial charge in [0, 0.05) is 4.88 Å². The summed E-state index contributed by atoms with van der Waals surface area (Å²) in [4.78, 5) is 35.8. The Balaban J connectivity index is 1.42. The van der Waals surface area contributed by atoms with Crippen LogP contribution >= 0.6 is 11.3 Å². The number of carbonyl (C=O) groups excluding carboxylic acids is 1. The van der Waals surface area contributed by atoms with Gasteiger partial charge < -0.3 is 9.72 Å². The molecule has 210 valence electrons. The molecule has 0 aliphatic heterocycles. The van der Waals surface area contributed by atoms with E-state index in [2.05, 4.69) is 21.6 Å². The molecule has 2 heterocycles. The van der Waals surface area contributed by atoms with E-state index in [4.69, 9.17) is 4.74 Å². The zero-order chi connectivity index (χ0) is 28.9. The van der Waals surface area contributed by atoms with Crippen molar-refractivity contribution in [2.45, 2.75) is 71.8 Å². The number of benzene rings is 2. The molecule has 0 spiro atoms. The summed E-state index contributed by atoms with van der Waals surface area (Å²) in [6, 6.07) is 8.26. The number of H-pyrrole nitrogens is 1. The summed E-state index contributed by atoms with van der Waals surface area (Å²) in [7, 11) is -4.01. The van der Waals surface area contributed by atoms with Crippen molar-refractivity contribution >= 4 is 43.2 Å². The van der Waals surface area contributed by atoms with Gasteiger partial charge in [0.2, 0.25) is 0 Å². The number of carbonyl (C=O) groups is 1. The topological polar surface area (TPSA) is 118 Å². The van der Waals surface area contributed by atoms with Gasteiger partial charge in [-0.25, -0.2) is 18.2 Å². The molecule has 0 fully saturated rings. The third-order valence-electron chi connectivity index (χ3n) is 7.81. The Bertz CT molecular complexity index is 1800. The van der Waals surface area contributed by atoms with E-state index in [9.17, 15) is 18.0 Å². The normalized spacial score (nSPS) is 16.0. The Hall–Kier alpha value is -3.50.